The maximum absolute atomic E-state index is 13.0. The molecule has 9 heteroatoms. The van der Waals surface area contributed by atoms with Gasteiger partial charge in [0.1, 0.15) is 12.0 Å². The first-order valence-electron chi connectivity index (χ1n) is 8.42. The average molecular weight is 392 g/mol. The van der Waals surface area contributed by atoms with Crippen LogP contribution in [0.4, 0.5) is 5.13 Å². The van der Waals surface area contributed by atoms with Crippen LogP contribution in [0.2, 0.25) is 0 Å². The second-order valence-corrected chi connectivity index (χ2v) is 7.36. The number of nitrogens with two attached hydrogens (primary N) is 1. The zero-order valence-corrected chi connectivity index (χ0v) is 15.9. The van der Waals surface area contributed by atoms with Crippen molar-refractivity contribution in [3.8, 4) is 11.3 Å². The molecule has 0 saturated heterocycles. The largest absolute Gasteiger partial charge is 0.364 e. The summed E-state index contributed by atoms with van der Waals surface area (Å²) in [6.07, 6.45) is 1.37. The Hall–Kier alpha value is -3.59. The number of thiazole rings is 1. The van der Waals surface area contributed by atoms with Gasteiger partial charge in [-0.25, -0.2) is 15.0 Å². The van der Waals surface area contributed by atoms with Gasteiger partial charge in [-0.05, 0) is 19.9 Å². The minimum Gasteiger partial charge on any atom is -0.364 e. The van der Waals surface area contributed by atoms with Gasteiger partial charge in [-0.15, -0.1) is 11.3 Å². The minimum absolute atomic E-state index is 0.00719. The Balaban J connectivity index is 1.86. The number of primary amides is 1. The van der Waals surface area contributed by atoms with E-state index in [1.165, 1.54) is 22.1 Å². The predicted octanol–water partition coefficient (Wildman–Crippen LogP) is 2.82. The summed E-state index contributed by atoms with van der Waals surface area (Å²) < 4.78 is 1.45. The molecule has 0 fully saturated rings. The normalized spacial score (nSPS) is 10.9. The Morgan fingerprint density at radius 1 is 1.14 bits per heavy atom. The molecule has 0 aliphatic carbocycles. The van der Waals surface area contributed by atoms with Crippen molar-refractivity contribution in [1.29, 1.82) is 0 Å². The van der Waals surface area contributed by atoms with E-state index in [0.717, 1.165) is 16.1 Å². The van der Waals surface area contributed by atoms with Crippen LogP contribution >= 0.6 is 11.3 Å². The van der Waals surface area contributed by atoms with Gasteiger partial charge in [-0.3, -0.25) is 19.3 Å². The van der Waals surface area contributed by atoms with E-state index in [1.54, 1.807) is 6.07 Å². The first kappa shape index (κ1) is 17.8. The Morgan fingerprint density at radius 2 is 1.89 bits per heavy atom. The van der Waals surface area contributed by atoms with E-state index in [4.69, 9.17) is 5.73 Å². The van der Waals surface area contributed by atoms with Crippen LogP contribution in [0.1, 0.15) is 31.5 Å². The maximum Gasteiger partial charge on any atom is 0.274 e. The van der Waals surface area contributed by atoms with E-state index < -0.39 is 5.91 Å². The molecule has 8 nitrogen and oxygen atoms in total. The monoisotopic (exact) mass is 392 g/mol. The van der Waals surface area contributed by atoms with Crippen molar-refractivity contribution in [2.75, 3.05) is 5.32 Å². The summed E-state index contributed by atoms with van der Waals surface area (Å²) in [5.74, 6) is -1.09. The third-order valence-electron chi connectivity index (χ3n) is 4.29. The van der Waals surface area contributed by atoms with Gasteiger partial charge in [0.25, 0.3) is 11.8 Å². The van der Waals surface area contributed by atoms with Crippen LogP contribution in [0.5, 0.6) is 0 Å². The molecule has 140 valence electrons. The molecule has 0 aliphatic rings. The standard InChI is InChI=1S/C19H16N6O2S/c1-10-11(2)28-19(22-10)24-18(27)14-8-13(12-6-4-3-5-7-12)23-17-15(16(20)26)21-9-25(14)17/h3-9H,1-2H3,(H2,20,26)(H,22,24,27). The molecule has 0 bridgehead atoms. The van der Waals surface area contributed by atoms with E-state index >= 15 is 0 Å². The highest BCUT2D eigenvalue weighted by Crippen LogP contribution is 2.24. The second kappa shape index (κ2) is 6.86. The highest BCUT2D eigenvalue weighted by molar-refractivity contribution is 7.15. The SMILES string of the molecule is Cc1nc(NC(=O)c2cc(-c3ccccc3)nc3c(C(N)=O)ncn23)sc1C. The van der Waals surface area contributed by atoms with Gasteiger partial charge in [0, 0.05) is 10.4 Å². The molecule has 0 aliphatic heterocycles. The molecule has 4 rings (SSSR count). The first-order valence-corrected chi connectivity index (χ1v) is 9.24. The quantitative estimate of drug-likeness (QED) is 0.554. The Kier molecular flexibility index (Phi) is 4.36. The molecule has 4 aromatic rings. The molecule has 0 saturated carbocycles. The number of amides is 2. The smallest absolute Gasteiger partial charge is 0.274 e. The van der Waals surface area contributed by atoms with Crippen LogP contribution in [-0.2, 0) is 0 Å². The predicted molar refractivity (Wildman–Crippen MR) is 106 cm³/mol. The average Bonchev–Trinajstić information content (AvgIpc) is 3.24. The molecule has 0 radical (unpaired) electrons. The van der Waals surface area contributed by atoms with E-state index in [9.17, 15) is 9.59 Å². The summed E-state index contributed by atoms with van der Waals surface area (Å²) in [5, 5.41) is 3.31. The lowest BCUT2D eigenvalue weighted by molar-refractivity contribution is 0.0993. The number of anilines is 1. The van der Waals surface area contributed by atoms with Crippen LogP contribution < -0.4 is 11.1 Å². The number of nitrogens with one attached hydrogen (secondary N) is 1. The molecule has 28 heavy (non-hydrogen) atoms. The molecule has 0 unspecified atom stereocenters. The van der Waals surface area contributed by atoms with Crippen LogP contribution in [0.25, 0.3) is 16.9 Å². The topological polar surface area (TPSA) is 115 Å². The number of nitrogens with zero attached hydrogens (tertiary/aromatic N) is 4. The van der Waals surface area contributed by atoms with Gasteiger partial charge in [-0.2, -0.15) is 0 Å². The number of rotatable bonds is 4. The van der Waals surface area contributed by atoms with Gasteiger partial charge in [0.2, 0.25) is 0 Å². The maximum atomic E-state index is 13.0. The van der Waals surface area contributed by atoms with Crippen molar-refractivity contribution in [3.63, 3.8) is 0 Å². The molecule has 3 heterocycles. The zero-order chi connectivity index (χ0) is 19.8. The summed E-state index contributed by atoms with van der Waals surface area (Å²) in [7, 11) is 0. The summed E-state index contributed by atoms with van der Waals surface area (Å²) in [6, 6.07) is 11.0. The Bertz CT molecular complexity index is 1190. The zero-order valence-electron chi connectivity index (χ0n) is 15.1. The van der Waals surface area contributed by atoms with Gasteiger partial charge < -0.3 is 5.73 Å². The molecule has 0 atom stereocenters. The Labute approximate surface area is 164 Å². The van der Waals surface area contributed by atoms with Crippen LogP contribution in [0.15, 0.2) is 42.7 Å². The third kappa shape index (κ3) is 3.12. The summed E-state index contributed by atoms with van der Waals surface area (Å²) >= 11 is 1.40. The number of carbonyl (C=O) groups excluding carboxylic acids is 2. The molecular weight excluding hydrogens is 376 g/mol. The number of imidazole rings is 1. The summed E-state index contributed by atoms with van der Waals surface area (Å²) in [5.41, 5.74) is 8.13. The number of aromatic nitrogens is 4. The van der Waals surface area contributed by atoms with Gasteiger partial charge in [-0.1, -0.05) is 30.3 Å². The number of aryl methyl sites for hydroxylation is 2. The van der Waals surface area contributed by atoms with E-state index in [0.29, 0.717) is 10.8 Å². The lowest BCUT2D eigenvalue weighted by Gasteiger charge is -2.09. The molecule has 2 amide bonds. The van der Waals surface area contributed by atoms with Crippen molar-refractivity contribution >= 4 is 33.9 Å². The van der Waals surface area contributed by atoms with Crippen LogP contribution in [0, 0.1) is 13.8 Å². The van der Waals surface area contributed by atoms with Crippen molar-refractivity contribution < 1.29 is 9.59 Å². The fraction of sp³-hybridized carbons (Fsp3) is 0.105. The van der Waals surface area contributed by atoms with E-state index in [1.807, 2.05) is 44.2 Å². The molecular formula is C19H16N6O2S. The third-order valence-corrected chi connectivity index (χ3v) is 5.27. The van der Waals surface area contributed by atoms with Crippen LogP contribution in [-0.4, -0.2) is 31.2 Å². The number of benzene rings is 1. The van der Waals surface area contributed by atoms with Crippen molar-refractivity contribution in [1.82, 2.24) is 19.4 Å². The van der Waals surface area contributed by atoms with E-state index in [-0.39, 0.29) is 22.9 Å². The molecule has 1 aromatic carbocycles. The number of hydrogen-bond acceptors (Lipinski definition) is 6. The lowest BCUT2D eigenvalue weighted by Crippen LogP contribution is -2.17. The summed E-state index contributed by atoms with van der Waals surface area (Å²) in [6.45, 7) is 3.82. The van der Waals surface area contributed by atoms with Crippen molar-refractivity contribution in [3.05, 3.63) is 64.7 Å². The van der Waals surface area contributed by atoms with Crippen molar-refractivity contribution in [2.24, 2.45) is 5.73 Å². The van der Waals surface area contributed by atoms with Gasteiger partial charge in [0.05, 0.1) is 11.4 Å². The highest BCUT2D eigenvalue weighted by Gasteiger charge is 2.20. The first-order chi connectivity index (χ1) is 13.4. The fourth-order valence-corrected chi connectivity index (χ4v) is 3.57. The summed E-state index contributed by atoms with van der Waals surface area (Å²) in [4.78, 5) is 38.6. The molecule has 3 N–H and O–H groups in total. The van der Waals surface area contributed by atoms with Gasteiger partial charge in [0.15, 0.2) is 16.5 Å². The number of hydrogen-bond donors (Lipinski definition) is 2. The fourth-order valence-electron chi connectivity index (χ4n) is 2.76. The Morgan fingerprint density at radius 3 is 2.54 bits per heavy atom. The van der Waals surface area contributed by atoms with Crippen molar-refractivity contribution in [2.45, 2.75) is 13.8 Å². The molecule has 3 aromatic heterocycles. The van der Waals surface area contributed by atoms with E-state index in [2.05, 4.69) is 20.3 Å². The van der Waals surface area contributed by atoms with Gasteiger partial charge >= 0.3 is 0 Å². The molecule has 0 spiro atoms. The lowest BCUT2D eigenvalue weighted by atomic mass is 10.1. The second-order valence-electron chi connectivity index (χ2n) is 6.16. The van der Waals surface area contributed by atoms with Crippen LogP contribution in [0.3, 0.4) is 0 Å². The number of carbonyl (C=O) groups is 2. The minimum atomic E-state index is -0.710. The number of fused-ring (bicyclic) bond motifs is 1. The highest BCUT2D eigenvalue weighted by atomic mass is 32.1.